The third-order valence-corrected chi connectivity index (χ3v) is 5.38. The molecule has 0 unspecified atom stereocenters. The smallest absolute Gasteiger partial charge is 0.257 e. The van der Waals surface area contributed by atoms with Crippen LogP contribution >= 0.6 is 11.6 Å². The van der Waals surface area contributed by atoms with Crippen molar-refractivity contribution >= 4 is 29.1 Å². The molecule has 0 aliphatic carbocycles. The van der Waals surface area contributed by atoms with Gasteiger partial charge < -0.3 is 14.7 Å². The maximum Gasteiger partial charge on any atom is 0.257 e. The van der Waals surface area contributed by atoms with E-state index in [4.69, 9.17) is 16.1 Å². The van der Waals surface area contributed by atoms with Gasteiger partial charge in [-0.25, -0.2) is 4.39 Å². The van der Waals surface area contributed by atoms with Crippen molar-refractivity contribution < 1.29 is 18.5 Å². The normalized spacial score (nSPS) is 13.7. The summed E-state index contributed by atoms with van der Waals surface area (Å²) in [6, 6.07) is 11.7. The summed E-state index contributed by atoms with van der Waals surface area (Å²) >= 11 is 6.12. The van der Waals surface area contributed by atoms with Gasteiger partial charge in [0.25, 0.3) is 5.91 Å². The van der Waals surface area contributed by atoms with E-state index in [1.165, 1.54) is 18.2 Å². The number of aromatic nitrogens is 1. The Hall–Kier alpha value is -3.19. The van der Waals surface area contributed by atoms with E-state index in [1.54, 1.807) is 11.8 Å². The van der Waals surface area contributed by atoms with Gasteiger partial charge in [0, 0.05) is 25.2 Å². The topological polar surface area (TPSA) is 75.4 Å². The third-order valence-electron chi connectivity index (χ3n) is 5.06. The summed E-state index contributed by atoms with van der Waals surface area (Å²) in [6.45, 7) is 2.56. The van der Waals surface area contributed by atoms with Crippen LogP contribution in [0.5, 0.6) is 0 Å². The molecule has 1 aliphatic rings. The minimum Gasteiger partial charge on any atom is -0.360 e. The van der Waals surface area contributed by atoms with Crippen LogP contribution in [0.3, 0.4) is 0 Å². The van der Waals surface area contributed by atoms with Gasteiger partial charge in [-0.2, -0.15) is 0 Å². The fraction of sp³-hybridized carbons (Fsp3) is 0.227. The molecule has 1 aromatic heterocycles. The highest BCUT2D eigenvalue weighted by Gasteiger charge is 2.25. The molecule has 0 bridgehead atoms. The number of aryl methyl sites for hydroxylation is 1. The first-order valence-electron chi connectivity index (χ1n) is 9.54. The maximum atomic E-state index is 14.3. The van der Waals surface area contributed by atoms with Crippen LogP contribution in [0.25, 0.3) is 11.3 Å². The molecule has 8 heteroatoms. The molecule has 154 valence electrons. The highest BCUT2D eigenvalue weighted by Crippen LogP contribution is 2.33. The lowest BCUT2D eigenvalue weighted by Gasteiger charge is -2.16. The molecular weight excluding hydrogens is 409 g/mol. The van der Waals surface area contributed by atoms with Crippen molar-refractivity contribution in [2.45, 2.75) is 26.3 Å². The quantitative estimate of drug-likeness (QED) is 0.650. The Morgan fingerprint density at radius 3 is 2.70 bits per heavy atom. The van der Waals surface area contributed by atoms with Gasteiger partial charge >= 0.3 is 0 Å². The highest BCUT2D eigenvalue weighted by molar-refractivity contribution is 6.33. The molecule has 4 rings (SSSR count). The SMILES string of the molecule is Cc1onc(-c2c(F)cccc2Cl)c1C(=O)NCc1ccc(N2CCCC2=O)cc1. The Morgan fingerprint density at radius 2 is 2.03 bits per heavy atom. The van der Waals surface area contributed by atoms with Crippen molar-refractivity contribution in [1.29, 1.82) is 0 Å². The van der Waals surface area contributed by atoms with Gasteiger partial charge in [0.1, 0.15) is 22.8 Å². The summed E-state index contributed by atoms with van der Waals surface area (Å²) in [4.78, 5) is 26.4. The number of hydrogen-bond acceptors (Lipinski definition) is 4. The molecule has 2 amide bonds. The zero-order valence-electron chi connectivity index (χ0n) is 16.2. The van der Waals surface area contributed by atoms with Gasteiger partial charge in [-0.1, -0.05) is 35.0 Å². The maximum absolute atomic E-state index is 14.3. The largest absolute Gasteiger partial charge is 0.360 e. The van der Waals surface area contributed by atoms with E-state index in [0.29, 0.717) is 6.42 Å². The van der Waals surface area contributed by atoms with Gasteiger partial charge in [0.05, 0.1) is 10.6 Å². The van der Waals surface area contributed by atoms with E-state index >= 15 is 0 Å². The van der Waals surface area contributed by atoms with Crippen LogP contribution in [0.15, 0.2) is 47.0 Å². The number of nitrogens with one attached hydrogen (secondary N) is 1. The number of nitrogens with zero attached hydrogens (tertiary/aromatic N) is 2. The zero-order valence-corrected chi connectivity index (χ0v) is 17.0. The van der Waals surface area contributed by atoms with E-state index in [1.807, 2.05) is 24.3 Å². The Morgan fingerprint density at radius 1 is 1.27 bits per heavy atom. The summed E-state index contributed by atoms with van der Waals surface area (Å²) in [6.07, 6.45) is 1.44. The van der Waals surface area contributed by atoms with E-state index in [-0.39, 0.29) is 40.1 Å². The van der Waals surface area contributed by atoms with Crippen molar-refractivity contribution in [3.8, 4) is 11.3 Å². The summed E-state index contributed by atoms with van der Waals surface area (Å²) < 4.78 is 19.4. The highest BCUT2D eigenvalue weighted by atomic mass is 35.5. The lowest BCUT2D eigenvalue weighted by Crippen LogP contribution is -2.25. The van der Waals surface area contributed by atoms with Crippen molar-refractivity contribution in [3.63, 3.8) is 0 Å². The van der Waals surface area contributed by atoms with E-state index in [9.17, 15) is 14.0 Å². The molecule has 3 aromatic rings. The lowest BCUT2D eigenvalue weighted by molar-refractivity contribution is -0.117. The number of anilines is 1. The van der Waals surface area contributed by atoms with Crippen LogP contribution in [0.2, 0.25) is 5.02 Å². The van der Waals surface area contributed by atoms with Crippen molar-refractivity contribution in [1.82, 2.24) is 10.5 Å². The number of benzene rings is 2. The Labute approximate surface area is 177 Å². The van der Waals surface area contributed by atoms with Crippen LogP contribution in [0.4, 0.5) is 10.1 Å². The second kappa shape index (κ2) is 8.28. The Kier molecular flexibility index (Phi) is 5.55. The first-order chi connectivity index (χ1) is 14.5. The van der Waals surface area contributed by atoms with Gasteiger partial charge in [-0.05, 0) is 43.2 Å². The molecule has 2 heterocycles. The van der Waals surface area contributed by atoms with Crippen molar-refractivity contribution in [2.24, 2.45) is 0 Å². The number of rotatable bonds is 5. The molecule has 30 heavy (non-hydrogen) atoms. The van der Waals surface area contributed by atoms with Gasteiger partial charge in [-0.3, -0.25) is 9.59 Å². The average Bonchev–Trinajstić information content (AvgIpc) is 3.32. The number of halogens is 2. The molecule has 1 aliphatic heterocycles. The van der Waals surface area contributed by atoms with E-state index in [0.717, 1.165) is 24.2 Å². The summed E-state index contributed by atoms with van der Waals surface area (Å²) in [5.74, 6) is -0.637. The first-order valence-corrected chi connectivity index (χ1v) is 9.91. The summed E-state index contributed by atoms with van der Waals surface area (Å²) in [5, 5.41) is 6.80. The van der Waals surface area contributed by atoms with Crippen LogP contribution in [-0.2, 0) is 11.3 Å². The molecule has 6 nitrogen and oxygen atoms in total. The number of amides is 2. The fourth-order valence-corrected chi connectivity index (χ4v) is 3.77. The second-order valence-electron chi connectivity index (χ2n) is 7.06. The molecule has 0 radical (unpaired) electrons. The van der Waals surface area contributed by atoms with Gasteiger partial charge in [-0.15, -0.1) is 0 Å². The molecule has 1 saturated heterocycles. The van der Waals surface area contributed by atoms with Crippen molar-refractivity contribution in [2.75, 3.05) is 11.4 Å². The Balaban J connectivity index is 1.50. The summed E-state index contributed by atoms with van der Waals surface area (Å²) in [5.41, 5.74) is 1.94. The minimum atomic E-state index is -0.586. The van der Waals surface area contributed by atoms with Crippen LogP contribution in [-0.4, -0.2) is 23.5 Å². The monoisotopic (exact) mass is 427 g/mol. The molecular formula is C22H19ClFN3O3. The summed E-state index contributed by atoms with van der Waals surface area (Å²) in [7, 11) is 0. The number of hydrogen-bond donors (Lipinski definition) is 1. The Bertz CT molecular complexity index is 1090. The fourth-order valence-electron chi connectivity index (χ4n) is 3.52. The van der Waals surface area contributed by atoms with Gasteiger partial charge in [0.2, 0.25) is 5.91 Å². The first kappa shape index (κ1) is 20.1. The van der Waals surface area contributed by atoms with E-state index < -0.39 is 11.7 Å². The standard InChI is InChI=1S/C22H19ClFN3O3/c1-13-19(21(26-30-13)20-16(23)4-2-5-17(20)24)22(29)25-12-14-7-9-15(10-8-14)27-11-3-6-18(27)28/h2,4-5,7-10H,3,6,11-12H2,1H3,(H,25,29). The minimum absolute atomic E-state index is 0.0285. The number of carbonyl (C=O) groups is 2. The van der Waals surface area contributed by atoms with Crippen LogP contribution in [0.1, 0.15) is 34.5 Å². The number of carbonyl (C=O) groups excluding carboxylic acids is 2. The van der Waals surface area contributed by atoms with Crippen molar-refractivity contribution in [3.05, 3.63) is 70.2 Å². The third kappa shape index (κ3) is 3.80. The average molecular weight is 428 g/mol. The molecule has 0 saturated carbocycles. The molecule has 1 fully saturated rings. The van der Waals surface area contributed by atoms with Crippen LogP contribution in [0, 0.1) is 12.7 Å². The van der Waals surface area contributed by atoms with E-state index in [2.05, 4.69) is 10.5 Å². The van der Waals surface area contributed by atoms with Gasteiger partial charge in [0.15, 0.2) is 0 Å². The second-order valence-corrected chi connectivity index (χ2v) is 7.46. The molecule has 0 spiro atoms. The molecule has 0 atom stereocenters. The zero-order chi connectivity index (χ0) is 21.3. The predicted octanol–water partition coefficient (Wildman–Crippen LogP) is 4.50. The molecule has 2 aromatic carbocycles. The van der Waals surface area contributed by atoms with Crippen LogP contribution < -0.4 is 10.2 Å². The molecule has 1 N–H and O–H groups in total. The predicted molar refractivity (Wildman–Crippen MR) is 111 cm³/mol. The lowest BCUT2D eigenvalue weighted by atomic mass is 10.0.